The second kappa shape index (κ2) is 32.2. The Morgan fingerprint density at radius 3 is 1.84 bits per heavy atom. The first-order valence-corrected chi connectivity index (χ1v) is 19.3. The molecule has 0 spiro atoms. The maximum atomic E-state index is 14.0. The lowest BCUT2D eigenvalue weighted by Crippen LogP contribution is -2.58. The smallest absolute Gasteiger partial charge is 0.251 e. The fourth-order valence-electron chi connectivity index (χ4n) is 5.60. The molecule has 0 radical (unpaired) electrons. The van der Waals surface area contributed by atoms with Gasteiger partial charge in [0.25, 0.3) is 5.91 Å². The molecule has 0 aliphatic rings. The van der Waals surface area contributed by atoms with Crippen molar-refractivity contribution in [3.05, 3.63) is 28.8 Å². The number of hydrogen-bond acceptors (Lipinski definition) is 12. The number of thiazole rings is 1. The normalized spacial score (nSPS) is 12.7. The van der Waals surface area contributed by atoms with E-state index in [0.29, 0.717) is 29.6 Å². The van der Waals surface area contributed by atoms with Gasteiger partial charge in [-0.3, -0.25) is 38.6 Å². The van der Waals surface area contributed by atoms with Crippen molar-refractivity contribution in [2.45, 2.75) is 103 Å². The zero-order chi connectivity index (χ0) is 42.1. The van der Waals surface area contributed by atoms with Crippen LogP contribution < -0.4 is 49.5 Å². The van der Waals surface area contributed by atoms with Crippen molar-refractivity contribution in [2.24, 2.45) is 39.8 Å². The molecule has 0 bridgehead atoms. The van der Waals surface area contributed by atoms with Gasteiger partial charge in [0.2, 0.25) is 35.3 Å². The number of hydrogen-bond donors (Lipinski definition) is 10. The average Bonchev–Trinajstić information content (AvgIpc) is 3.55. The number of rotatable bonds is 24. The Bertz CT molecular complexity index is 1750. The van der Waals surface area contributed by atoms with Crippen LogP contribution in [-0.4, -0.2) is 107 Å². The lowest BCUT2D eigenvalue weighted by molar-refractivity contribution is -0.134. The van der Waals surface area contributed by atoms with Gasteiger partial charge in [-0.1, -0.05) is 27.7 Å². The van der Waals surface area contributed by atoms with Crippen LogP contribution in [0.2, 0.25) is 0 Å². The number of benzene rings is 1. The van der Waals surface area contributed by atoms with E-state index in [-0.39, 0.29) is 128 Å². The number of ketones is 1. The third kappa shape index (κ3) is 21.9. The maximum Gasteiger partial charge on any atom is 0.251 e. The minimum absolute atomic E-state index is 0. The highest BCUT2D eigenvalue weighted by molar-refractivity contribution is 7.60. The van der Waals surface area contributed by atoms with Crippen LogP contribution in [0.1, 0.15) is 93.3 Å². The number of carbonyl (C=O) groups is 7. The molecule has 1 aromatic heterocycles. The Kier molecular flexibility index (Phi) is 33.9. The predicted octanol–water partition coefficient (Wildman–Crippen LogP) is -0.537. The number of guanidine groups is 1. The van der Waals surface area contributed by atoms with Crippen LogP contribution in [-0.2, 0) is 24.0 Å². The van der Waals surface area contributed by atoms with E-state index in [1.165, 1.54) is 13.0 Å². The van der Waals surface area contributed by atoms with Crippen molar-refractivity contribution >= 4 is 136 Å². The number of Topliss-reactive ketones (excluding diaryl/α,β-unsaturated/α-hetero) is 1. The first-order valence-electron chi connectivity index (χ1n) is 18.5. The molecular formula is C36H67N11O8S6. The summed E-state index contributed by atoms with van der Waals surface area (Å²) in [5.41, 5.74) is 22.7. The van der Waals surface area contributed by atoms with Crippen molar-refractivity contribution < 1.29 is 38.7 Å². The number of nitrogens with two attached hydrogens (primary N) is 4. The molecule has 0 aliphatic carbocycles. The molecule has 350 valence electrons. The zero-order valence-electron chi connectivity index (χ0n) is 35.1. The topological polar surface area (TPSA) is 329 Å². The number of aliphatic hydroxyl groups excluding tert-OH is 1. The Hall–Kier alpha value is -3.46. The number of fused-ring (bicyclic) bond motifs is 1. The predicted molar refractivity (Wildman–Crippen MR) is 264 cm³/mol. The van der Waals surface area contributed by atoms with Gasteiger partial charge < -0.3 is 54.6 Å². The Morgan fingerprint density at radius 1 is 0.754 bits per heavy atom. The van der Waals surface area contributed by atoms with Gasteiger partial charge in [0.1, 0.15) is 24.2 Å². The van der Waals surface area contributed by atoms with Crippen molar-refractivity contribution in [3.63, 3.8) is 0 Å². The highest BCUT2D eigenvalue weighted by Gasteiger charge is 2.32. The van der Waals surface area contributed by atoms with E-state index in [1.807, 2.05) is 13.8 Å². The quantitative estimate of drug-likeness (QED) is 0.0275. The molecule has 0 saturated heterocycles. The zero-order valence-corrected chi connectivity index (χ0v) is 40.9. The minimum Gasteiger partial charge on any atom is -0.394 e. The van der Waals surface area contributed by atoms with Gasteiger partial charge in [0.05, 0.1) is 22.9 Å². The minimum atomic E-state index is -1.30. The molecular weight excluding hydrogens is 907 g/mol. The molecule has 0 aliphatic heterocycles. The summed E-state index contributed by atoms with van der Waals surface area (Å²) in [6.07, 6.45) is 1.70. The molecule has 14 N–H and O–H groups in total. The number of aliphatic hydroxyl groups is 1. The van der Waals surface area contributed by atoms with Crippen molar-refractivity contribution in [3.8, 4) is 0 Å². The van der Waals surface area contributed by atoms with Crippen LogP contribution >= 0.6 is 78.8 Å². The Labute approximate surface area is 395 Å². The van der Waals surface area contributed by atoms with Gasteiger partial charge in [-0.25, -0.2) is 4.98 Å². The van der Waals surface area contributed by atoms with Gasteiger partial charge in [0, 0.05) is 19.0 Å². The first kappa shape index (κ1) is 64.2. The average molecular weight is 974 g/mol. The Morgan fingerprint density at radius 2 is 1.31 bits per heavy atom. The maximum absolute atomic E-state index is 14.0. The molecule has 61 heavy (non-hydrogen) atoms. The number of aromatic nitrogens is 1. The van der Waals surface area contributed by atoms with E-state index in [9.17, 15) is 38.7 Å². The lowest BCUT2D eigenvalue weighted by Gasteiger charge is -2.27. The third-order valence-corrected chi connectivity index (χ3v) is 9.53. The lowest BCUT2D eigenvalue weighted by atomic mass is 10.00. The summed E-state index contributed by atoms with van der Waals surface area (Å²) < 4.78 is 0.501. The van der Waals surface area contributed by atoms with E-state index < -0.39 is 78.0 Å². The SMILES string of the molecule is CC(=O)N[C@@H](CO)C(=O)N[C@@H](CCCCN)C(=O)N[C@@H](CC(C)C)C(=O)N[C@@H](CCCN=C(N)N)C(=O)c1nc2ccc(C(=O)N[C@H](C(N)=O)C(C)C)cc2s1.S.S.S.S.S. The van der Waals surface area contributed by atoms with E-state index in [0.717, 1.165) is 11.3 Å². The number of amides is 6. The van der Waals surface area contributed by atoms with Crippen LogP contribution in [0.4, 0.5) is 0 Å². The van der Waals surface area contributed by atoms with E-state index in [4.69, 9.17) is 22.9 Å². The Balaban J connectivity index is -0.00000325. The summed E-state index contributed by atoms with van der Waals surface area (Å²) in [5, 5.41) is 22.7. The van der Waals surface area contributed by atoms with Crippen molar-refractivity contribution in [1.82, 2.24) is 31.6 Å². The van der Waals surface area contributed by atoms with E-state index >= 15 is 0 Å². The number of unbranched alkanes of at least 4 members (excludes halogenated alkanes) is 1. The second-order valence-electron chi connectivity index (χ2n) is 14.1. The monoisotopic (exact) mass is 973 g/mol. The molecule has 0 saturated carbocycles. The van der Waals surface area contributed by atoms with Crippen LogP contribution in [0.3, 0.4) is 0 Å². The van der Waals surface area contributed by atoms with Gasteiger partial charge in [-0.05, 0) is 75.1 Å². The molecule has 6 amide bonds. The van der Waals surface area contributed by atoms with Crippen LogP contribution in [0, 0.1) is 11.8 Å². The highest BCUT2D eigenvalue weighted by Crippen LogP contribution is 2.25. The molecule has 25 heteroatoms. The van der Waals surface area contributed by atoms with Gasteiger partial charge in [0.15, 0.2) is 11.0 Å². The number of nitrogens with zero attached hydrogens (tertiary/aromatic N) is 2. The number of carbonyl (C=O) groups excluding carboxylic acids is 7. The summed E-state index contributed by atoms with van der Waals surface area (Å²) in [7, 11) is 0. The van der Waals surface area contributed by atoms with Crippen LogP contribution in [0.15, 0.2) is 23.2 Å². The molecule has 19 nitrogen and oxygen atoms in total. The standard InChI is InChI=1S/C36H57N11O8S.5H2S/c1-18(2)15-25(45-32(53)24(9-6-7-13-37)44-34(55)26(17-48)42-20(5)49)33(54)43-23(10-8-14-41-36(39)40)29(50)35-46-22-12-11-21(16-27(22)56-35)31(52)47-28(19(3)4)30(38)51;;;;;/h11-12,16,18-19,23-26,28,48H,6-10,13-15,17,37H2,1-5H3,(H2,38,51)(H,42,49)(H,43,54)(H,44,55)(H,45,53)(H,47,52)(H4,39,40,41);5*1H2/t23-,24-,25-,26-,28-;;;;;/m0...../s1. The molecule has 1 heterocycles. The van der Waals surface area contributed by atoms with Crippen LogP contribution in [0.25, 0.3) is 10.2 Å². The van der Waals surface area contributed by atoms with Crippen molar-refractivity contribution in [2.75, 3.05) is 19.7 Å². The van der Waals surface area contributed by atoms with Gasteiger partial charge in [-0.15, -0.1) is 11.3 Å². The number of nitrogens with one attached hydrogen (secondary N) is 5. The molecule has 5 atom stereocenters. The molecule has 2 aromatic rings. The fraction of sp³-hybridized carbons (Fsp3) is 0.583. The van der Waals surface area contributed by atoms with E-state index in [2.05, 4.69) is 36.6 Å². The summed E-state index contributed by atoms with van der Waals surface area (Å²) in [5.74, 6) is -4.92. The molecule has 1 aromatic carbocycles. The second-order valence-corrected chi connectivity index (χ2v) is 15.2. The van der Waals surface area contributed by atoms with Crippen molar-refractivity contribution in [1.29, 1.82) is 0 Å². The molecule has 0 fully saturated rings. The summed E-state index contributed by atoms with van der Waals surface area (Å²) in [6.45, 7) is 8.16. The molecule has 2 rings (SSSR count). The largest absolute Gasteiger partial charge is 0.394 e. The molecule has 0 unspecified atom stereocenters. The summed E-state index contributed by atoms with van der Waals surface area (Å²) >= 11 is 1.01. The van der Waals surface area contributed by atoms with E-state index in [1.54, 1.807) is 26.0 Å². The first-order chi connectivity index (χ1) is 26.4. The van der Waals surface area contributed by atoms with Crippen LogP contribution in [0.5, 0.6) is 0 Å². The van der Waals surface area contributed by atoms with Gasteiger partial charge >= 0.3 is 0 Å². The number of primary amides is 1. The summed E-state index contributed by atoms with van der Waals surface area (Å²) in [4.78, 5) is 99.3. The van der Waals surface area contributed by atoms with Gasteiger partial charge in [-0.2, -0.15) is 67.5 Å². The summed E-state index contributed by atoms with van der Waals surface area (Å²) in [6, 6.07) is -0.988. The highest BCUT2D eigenvalue weighted by atomic mass is 32.1. The number of aliphatic imine (C=N–C) groups is 1. The third-order valence-electron chi connectivity index (χ3n) is 8.50. The fourth-order valence-corrected chi connectivity index (χ4v) is 6.60.